The fourth-order valence-electron chi connectivity index (χ4n) is 1.89. The Labute approximate surface area is 112 Å². The van der Waals surface area contributed by atoms with Crippen molar-refractivity contribution in [3.63, 3.8) is 0 Å². The number of amides is 1. The minimum Gasteiger partial charge on any atom is -0.481 e. The maximum absolute atomic E-state index is 12.2. The lowest BCUT2D eigenvalue weighted by Gasteiger charge is -2.36. The van der Waals surface area contributed by atoms with E-state index < -0.39 is 11.6 Å². The van der Waals surface area contributed by atoms with Gasteiger partial charge in [-0.15, -0.1) is 0 Å². The van der Waals surface area contributed by atoms with Crippen LogP contribution in [0.15, 0.2) is 0 Å². The highest BCUT2D eigenvalue weighted by Gasteiger charge is 2.32. The Kier molecular flexibility index (Phi) is 5.47. The summed E-state index contributed by atoms with van der Waals surface area (Å²) in [7, 11) is 1.58. The van der Waals surface area contributed by atoms with Gasteiger partial charge in [-0.3, -0.25) is 9.59 Å². The van der Waals surface area contributed by atoms with Gasteiger partial charge in [0.2, 0.25) is 5.91 Å². The Morgan fingerprint density at radius 1 is 1.50 bits per heavy atom. The minimum atomic E-state index is -0.855. The average molecular weight is 275 g/mol. The number of hydrogen-bond donors (Lipinski definition) is 1. The Morgan fingerprint density at radius 2 is 2.17 bits per heavy atom. The predicted octanol–water partition coefficient (Wildman–Crippen LogP) is 1.22. The van der Waals surface area contributed by atoms with Crippen molar-refractivity contribution in [2.75, 3.05) is 25.2 Å². The number of carbonyl (C=O) groups excluding carboxylic acids is 1. The summed E-state index contributed by atoms with van der Waals surface area (Å²) < 4.78 is 5.25. The van der Waals surface area contributed by atoms with Crippen LogP contribution in [0.5, 0.6) is 0 Å². The lowest BCUT2D eigenvalue weighted by Crippen LogP contribution is -2.49. The van der Waals surface area contributed by atoms with E-state index in [1.54, 1.807) is 23.8 Å². The van der Waals surface area contributed by atoms with Gasteiger partial charge in [0.25, 0.3) is 0 Å². The van der Waals surface area contributed by atoms with Gasteiger partial charge < -0.3 is 14.7 Å². The van der Waals surface area contributed by atoms with Gasteiger partial charge in [0, 0.05) is 25.2 Å². The summed E-state index contributed by atoms with van der Waals surface area (Å²) in [4.78, 5) is 24.7. The van der Waals surface area contributed by atoms with Gasteiger partial charge in [-0.2, -0.15) is 11.8 Å². The molecule has 1 unspecified atom stereocenters. The summed E-state index contributed by atoms with van der Waals surface area (Å²) in [5.74, 6) is 0.695. The molecule has 1 saturated heterocycles. The van der Waals surface area contributed by atoms with E-state index in [0.29, 0.717) is 12.3 Å². The third-order valence-corrected chi connectivity index (χ3v) is 4.18. The summed E-state index contributed by atoms with van der Waals surface area (Å²) >= 11 is 1.70. The lowest BCUT2D eigenvalue weighted by atomic mass is 10.0. The van der Waals surface area contributed by atoms with Crippen molar-refractivity contribution >= 4 is 23.6 Å². The summed E-state index contributed by atoms with van der Waals surface area (Å²) in [6.07, 6.45) is 0.302. The molecule has 0 radical (unpaired) electrons. The van der Waals surface area contributed by atoms with Gasteiger partial charge >= 0.3 is 5.97 Å². The van der Waals surface area contributed by atoms with Crippen LogP contribution in [0.25, 0.3) is 0 Å². The molecule has 0 spiro atoms. The number of rotatable bonds is 5. The molecule has 1 N–H and O–H groups in total. The van der Waals surface area contributed by atoms with Gasteiger partial charge in [0.05, 0.1) is 24.5 Å². The Hall–Kier alpha value is -0.750. The largest absolute Gasteiger partial charge is 0.481 e. The standard InChI is InChI=1S/C12H21NO4S/c1-12(2,17-3)7-10(14)13-4-5-18-8-9(13)6-11(15)16/h9H,4-8H2,1-3H3,(H,15,16). The molecule has 1 aliphatic rings. The second kappa shape index (κ2) is 6.43. The van der Waals surface area contributed by atoms with Crippen LogP contribution in [-0.4, -0.2) is 58.7 Å². The van der Waals surface area contributed by atoms with Gasteiger partial charge in [0.15, 0.2) is 0 Å². The second-order valence-corrected chi connectivity index (χ2v) is 6.20. The molecule has 6 heteroatoms. The fraction of sp³-hybridized carbons (Fsp3) is 0.833. The first-order valence-corrected chi connectivity index (χ1v) is 7.15. The maximum atomic E-state index is 12.2. The van der Waals surface area contributed by atoms with Crippen molar-refractivity contribution in [1.29, 1.82) is 0 Å². The molecule has 104 valence electrons. The van der Waals surface area contributed by atoms with E-state index in [4.69, 9.17) is 9.84 Å². The monoisotopic (exact) mass is 275 g/mol. The molecule has 0 aliphatic carbocycles. The van der Waals surface area contributed by atoms with Gasteiger partial charge in [-0.05, 0) is 13.8 Å². The highest BCUT2D eigenvalue weighted by molar-refractivity contribution is 7.99. The second-order valence-electron chi connectivity index (χ2n) is 5.05. The molecule has 1 rings (SSSR count). The Bertz CT molecular complexity index is 319. The predicted molar refractivity (Wildman–Crippen MR) is 70.8 cm³/mol. The molecule has 18 heavy (non-hydrogen) atoms. The maximum Gasteiger partial charge on any atom is 0.305 e. The van der Waals surface area contributed by atoms with E-state index in [-0.39, 0.29) is 24.8 Å². The van der Waals surface area contributed by atoms with Gasteiger partial charge in [0.1, 0.15) is 0 Å². The van der Waals surface area contributed by atoms with E-state index in [1.807, 2.05) is 13.8 Å². The van der Waals surface area contributed by atoms with Crippen LogP contribution < -0.4 is 0 Å². The van der Waals surface area contributed by atoms with Crippen molar-refractivity contribution in [1.82, 2.24) is 4.90 Å². The Morgan fingerprint density at radius 3 is 2.72 bits per heavy atom. The molecule has 0 saturated carbocycles. The summed E-state index contributed by atoms with van der Waals surface area (Å²) in [5.41, 5.74) is -0.505. The van der Waals surface area contributed by atoms with Crippen molar-refractivity contribution in [2.45, 2.75) is 38.3 Å². The molecule has 1 heterocycles. The van der Waals surface area contributed by atoms with Crippen LogP contribution in [0.1, 0.15) is 26.7 Å². The molecular weight excluding hydrogens is 254 g/mol. The van der Waals surface area contributed by atoms with Crippen LogP contribution >= 0.6 is 11.8 Å². The highest BCUT2D eigenvalue weighted by atomic mass is 32.2. The molecule has 5 nitrogen and oxygen atoms in total. The summed E-state index contributed by atoms with van der Waals surface area (Å²) in [6.45, 7) is 4.34. The molecule has 1 fully saturated rings. The zero-order valence-electron chi connectivity index (χ0n) is 11.1. The number of carboxylic acids is 1. The third kappa shape index (κ3) is 4.49. The molecule has 0 aromatic heterocycles. The lowest BCUT2D eigenvalue weighted by molar-refractivity contribution is -0.142. The average Bonchev–Trinajstić information content (AvgIpc) is 2.28. The summed E-state index contributed by atoms with van der Waals surface area (Å²) in [6, 6.07) is -0.193. The van der Waals surface area contributed by atoms with Crippen LogP contribution in [-0.2, 0) is 14.3 Å². The molecule has 0 bridgehead atoms. The van der Waals surface area contributed by atoms with Crippen molar-refractivity contribution in [3.05, 3.63) is 0 Å². The quantitative estimate of drug-likeness (QED) is 0.817. The number of methoxy groups -OCH3 is 1. The topological polar surface area (TPSA) is 66.8 Å². The SMILES string of the molecule is COC(C)(C)CC(=O)N1CCSCC1CC(=O)O. The Balaban J connectivity index is 2.65. The number of aliphatic carboxylic acids is 1. The molecule has 1 aliphatic heterocycles. The first-order chi connectivity index (χ1) is 8.35. The molecule has 0 aromatic rings. The number of carboxylic acid groups (broad SMARTS) is 1. The first-order valence-electron chi connectivity index (χ1n) is 6.00. The number of carbonyl (C=O) groups is 2. The first kappa shape index (κ1) is 15.3. The molecule has 0 aromatic carbocycles. The minimum absolute atomic E-state index is 0.0200. The van der Waals surface area contributed by atoms with Crippen molar-refractivity contribution < 1.29 is 19.4 Å². The number of ether oxygens (including phenoxy) is 1. The normalized spacial score (nSPS) is 20.8. The van der Waals surface area contributed by atoms with Gasteiger partial charge in [-0.25, -0.2) is 0 Å². The molecule has 1 amide bonds. The zero-order chi connectivity index (χ0) is 13.8. The molecule has 1 atom stereocenters. The zero-order valence-corrected chi connectivity index (χ0v) is 12.0. The highest BCUT2D eigenvalue weighted by Crippen LogP contribution is 2.22. The van der Waals surface area contributed by atoms with Crippen molar-refractivity contribution in [3.8, 4) is 0 Å². The van der Waals surface area contributed by atoms with Crippen LogP contribution in [0.2, 0.25) is 0 Å². The number of nitrogens with zero attached hydrogens (tertiary/aromatic N) is 1. The summed E-state index contributed by atoms with van der Waals surface area (Å²) in [5, 5.41) is 8.87. The number of hydrogen-bond acceptors (Lipinski definition) is 4. The third-order valence-electron chi connectivity index (χ3n) is 3.09. The van der Waals surface area contributed by atoms with E-state index in [9.17, 15) is 9.59 Å². The fourth-order valence-corrected chi connectivity index (χ4v) is 2.95. The number of thioether (sulfide) groups is 1. The van der Waals surface area contributed by atoms with Crippen molar-refractivity contribution in [2.24, 2.45) is 0 Å². The molecular formula is C12H21NO4S. The van der Waals surface area contributed by atoms with Crippen LogP contribution in [0, 0.1) is 0 Å². The van der Waals surface area contributed by atoms with E-state index in [2.05, 4.69) is 0 Å². The van der Waals surface area contributed by atoms with Crippen LogP contribution in [0.3, 0.4) is 0 Å². The van der Waals surface area contributed by atoms with E-state index in [1.165, 1.54) is 0 Å². The smallest absolute Gasteiger partial charge is 0.305 e. The van der Waals surface area contributed by atoms with Crippen LogP contribution in [0.4, 0.5) is 0 Å². The van der Waals surface area contributed by atoms with Gasteiger partial charge in [-0.1, -0.05) is 0 Å². The van der Waals surface area contributed by atoms with E-state index >= 15 is 0 Å². The van der Waals surface area contributed by atoms with E-state index in [0.717, 1.165) is 5.75 Å².